The Morgan fingerprint density at radius 2 is 2.19 bits per heavy atom. The number of imidazole rings is 1. The molecule has 0 aliphatic heterocycles. The standard InChI is InChI=1S/C11H16N2O2.ClH/c14-11(15)6-4-2-1-3-5-8-13-9-7-12-10-13;/h4,6-7,9-10H,1-3,5,8H2,(H,14,15);1H. The van der Waals surface area contributed by atoms with E-state index in [1.165, 1.54) is 6.08 Å². The van der Waals surface area contributed by atoms with Gasteiger partial charge in [0.25, 0.3) is 0 Å². The molecule has 1 aromatic rings. The number of carboxylic acid groups (broad SMARTS) is 1. The molecule has 0 amide bonds. The first-order valence-corrected chi connectivity index (χ1v) is 5.14. The van der Waals surface area contributed by atoms with Gasteiger partial charge in [-0.05, 0) is 19.3 Å². The van der Waals surface area contributed by atoms with Gasteiger partial charge in [0.2, 0.25) is 0 Å². The predicted molar refractivity (Wildman–Crippen MR) is 64.7 cm³/mol. The molecule has 0 radical (unpaired) electrons. The smallest absolute Gasteiger partial charge is 0.327 e. The summed E-state index contributed by atoms with van der Waals surface area (Å²) in [4.78, 5) is 14.1. The van der Waals surface area contributed by atoms with Crippen LogP contribution in [0.5, 0.6) is 0 Å². The molecular weight excluding hydrogens is 228 g/mol. The third-order valence-corrected chi connectivity index (χ3v) is 2.11. The summed E-state index contributed by atoms with van der Waals surface area (Å²) in [6.07, 6.45) is 12.5. The third kappa shape index (κ3) is 7.06. The summed E-state index contributed by atoms with van der Waals surface area (Å²) < 4.78 is 2.05. The van der Waals surface area contributed by atoms with Gasteiger partial charge in [-0.25, -0.2) is 9.78 Å². The fourth-order valence-corrected chi connectivity index (χ4v) is 1.34. The molecule has 0 unspecified atom stereocenters. The van der Waals surface area contributed by atoms with E-state index in [2.05, 4.69) is 4.98 Å². The Labute approximate surface area is 101 Å². The van der Waals surface area contributed by atoms with Crippen molar-refractivity contribution in [1.82, 2.24) is 9.55 Å². The van der Waals surface area contributed by atoms with Crippen LogP contribution in [0.1, 0.15) is 25.7 Å². The van der Waals surface area contributed by atoms with Crippen molar-refractivity contribution in [2.24, 2.45) is 0 Å². The van der Waals surface area contributed by atoms with Gasteiger partial charge in [0.15, 0.2) is 0 Å². The zero-order valence-electron chi connectivity index (χ0n) is 9.08. The number of carbonyl (C=O) groups is 1. The molecule has 0 aliphatic carbocycles. The molecule has 0 bridgehead atoms. The van der Waals surface area contributed by atoms with Gasteiger partial charge in [0.05, 0.1) is 6.33 Å². The Morgan fingerprint density at radius 3 is 2.81 bits per heavy atom. The minimum atomic E-state index is -0.867. The van der Waals surface area contributed by atoms with Crippen molar-refractivity contribution in [3.05, 3.63) is 30.9 Å². The Morgan fingerprint density at radius 1 is 1.38 bits per heavy atom. The first-order valence-electron chi connectivity index (χ1n) is 5.14. The lowest BCUT2D eigenvalue weighted by molar-refractivity contribution is -0.131. The fourth-order valence-electron chi connectivity index (χ4n) is 1.34. The zero-order chi connectivity index (χ0) is 10.9. The molecule has 5 heteroatoms. The topological polar surface area (TPSA) is 55.1 Å². The van der Waals surface area contributed by atoms with Gasteiger partial charge < -0.3 is 9.67 Å². The molecule has 0 fully saturated rings. The summed E-state index contributed by atoms with van der Waals surface area (Å²) in [5, 5.41) is 8.34. The first kappa shape index (κ1) is 14.7. The molecule has 90 valence electrons. The molecule has 1 rings (SSSR count). The lowest BCUT2D eigenvalue weighted by Crippen LogP contribution is -1.93. The van der Waals surface area contributed by atoms with E-state index in [0.29, 0.717) is 0 Å². The number of hydrogen-bond acceptors (Lipinski definition) is 2. The van der Waals surface area contributed by atoms with Gasteiger partial charge in [-0.3, -0.25) is 0 Å². The quantitative estimate of drug-likeness (QED) is 0.592. The lowest BCUT2D eigenvalue weighted by Gasteiger charge is -2.00. The summed E-state index contributed by atoms with van der Waals surface area (Å²) in [5.74, 6) is -0.867. The van der Waals surface area contributed by atoms with Gasteiger partial charge in [0.1, 0.15) is 0 Å². The van der Waals surface area contributed by atoms with Crippen molar-refractivity contribution in [3.63, 3.8) is 0 Å². The minimum Gasteiger partial charge on any atom is -0.478 e. The normalized spacial score (nSPS) is 10.2. The molecule has 1 heterocycles. The van der Waals surface area contributed by atoms with Crippen molar-refractivity contribution in [3.8, 4) is 0 Å². The van der Waals surface area contributed by atoms with E-state index in [9.17, 15) is 4.79 Å². The molecule has 0 aromatic carbocycles. The minimum absolute atomic E-state index is 0. The van der Waals surface area contributed by atoms with E-state index in [0.717, 1.165) is 32.2 Å². The number of allylic oxidation sites excluding steroid dienone is 1. The van der Waals surface area contributed by atoms with Crippen LogP contribution in [0.25, 0.3) is 0 Å². The highest BCUT2D eigenvalue weighted by Gasteiger charge is 1.91. The predicted octanol–water partition coefficient (Wildman–Crippen LogP) is 2.51. The molecule has 4 nitrogen and oxygen atoms in total. The number of nitrogens with zero attached hydrogens (tertiary/aromatic N) is 2. The highest BCUT2D eigenvalue weighted by Crippen LogP contribution is 2.02. The Balaban J connectivity index is 0.00000225. The maximum atomic E-state index is 10.1. The molecule has 1 N–H and O–H groups in total. The summed E-state index contributed by atoms with van der Waals surface area (Å²) >= 11 is 0. The highest BCUT2D eigenvalue weighted by atomic mass is 35.5. The Hall–Kier alpha value is -1.29. The van der Waals surface area contributed by atoms with E-state index in [1.807, 2.05) is 17.1 Å². The molecule has 0 atom stereocenters. The summed E-state index contributed by atoms with van der Waals surface area (Å²) in [6, 6.07) is 0. The van der Waals surface area contributed by atoms with E-state index in [4.69, 9.17) is 5.11 Å². The highest BCUT2D eigenvalue weighted by molar-refractivity contribution is 5.85. The Bertz CT molecular complexity index is 310. The average molecular weight is 245 g/mol. The second-order valence-corrected chi connectivity index (χ2v) is 3.39. The summed E-state index contributed by atoms with van der Waals surface area (Å²) in [6.45, 7) is 0.989. The maximum absolute atomic E-state index is 10.1. The molecule has 16 heavy (non-hydrogen) atoms. The molecule has 0 spiro atoms. The SMILES string of the molecule is Cl.O=C(O)C=CCCCCCn1ccnc1. The number of rotatable bonds is 7. The van der Waals surface area contributed by atoms with Crippen LogP contribution >= 0.6 is 12.4 Å². The van der Waals surface area contributed by atoms with Gasteiger partial charge in [-0.15, -0.1) is 12.4 Å². The van der Waals surface area contributed by atoms with Gasteiger partial charge in [0, 0.05) is 25.0 Å². The second kappa shape index (κ2) is 8.97. The largest absolute Gasteiger partial charge is 0.478 e. The Kier molecular flexibility index (Phi) is 8.25. The molecular formula is C11H17ClN2O2. The maximum Gasteiger partial charge on any atom is 0.327 e. The van der Waals surface area contributed by atoms with Gasteiger partial charge >= 0.3 is 5.97 Å². The second-order valence-electron chi connectivity index (χ2n) is 3.39. The number of hydrogen-bond donors (Lipinski definition) is 1. The van der Waals surface area contributed by atoms with E-state index < -0.39 is 5.97 Å². The van der Waals surface area contributed by atoms with E-state index in [1.54, 1.807) is 12.3 Å². The summed E-state index contributed by atoms with van der Waals surface area (Å²) in [5.41, 5.74) is 0. The van der Waals surface area contributed by atoms with Crippen LogP contribution in [-0.2, 0) is 11.3 Å². The van der Waals surface area contributed by atoms with Crippen molar-refractivity contribution >= 4 is 18.4 Å². The number of aryl methyl sites for hydroxylation is 1. The van der Waals surface area contributed by atoms with E-state index >= 15 is 0 Å². The average Bonchev–Trinajstić information content (AvgIpc) is 2.68. The zero-order valence-corrected chi connectivity index (χ0v) is 9.90. The van der Waals surface area contributed by atoms with Crippen LogP contribution in [0.3, 0.4) is 0 Å². The van der Waals surface area contributed by atoms with Crippen LogP contribution in [0.4, 0.5) is 0 Å². The van der Waals surface area contributed by atoms with Gasteiger partial charge in [-0.1, -0.05) is 12.5 Å². The van der Waals surface area contributed by atoms with Crippen molar-refractivity contribution in [2.75, 3.05) is 0 Å². The lowest BCUT2D eigenvalue weighted by atomic mass is 10.2. The van der Waals surface area contributed by atoms with Crippen molar-refractivity contribution in [1.29, 1.82) is 0 Å². The van der Waals surface area contributed by atoms with E-state index in [-0.39, 0.29) is 12.4 Å². The van der Waals surface area contributed by atoms with Gasteiger partial charge in [-0.2, -0.15) is 0 Å². The van der Waals surface area contributed by atoms with Crippen LogP contribution in [0.15, 0.2) is 30.9 Å². The number of carboxylic acids is 1. The molecule has 0 saturated heterocycles. The fraction of sp³-hybridized carbons (Fsp3) is 0.455. The monoisotopic (exact) mass is 244 g/mol. The van der Waals surface area contributed by atoms with Crippen LogP contribution in [-0.4, -0.2) is 20.6 Å². The number of aliphatic carboxylic acids is 1. The van der Waals surface area contributed by atoms with Crippen LogP contribution in [0.2, 0.25) is 0 Å². The number of unbranched alkanes of at least 4 members (excludes halogenated alkanes) is 3. The van der Waals surface area contributed by atoms with Crippen molar-refractivity contribution < 1.29 is 9.90 Å². The summed E-state index contributed by atoms with van der Waals surface area (Å²) in [7, 11) is 0. The molecule has 0 aliphatic rings. The van der Waals surface area contributed by atoms with Crippen molar-refractivity contribution in [2.45, 2.75) is 32.2 Å². The number of halogens is 1. The number of aromatic nitrogens is 2. The third-order valence-electron chi connectivity index (χ3n) is 2.11. The molecule has 0 saturated carbocycles. The van der Waals surface area contributed by atoms with Crippen LogP contribution < -0.4 is 0 Å². The molecule has 1 aromatic heterocycles. The first-order chi connectivity index (χ1) is 7.29. The van der Waals surface area contributed by atoms with Crippen LogP contribution in [0, 0.1) is 0 Å².